The van der Waals surface area contributed by atoms with Crippen LogP contribution in [0.4, 0.5) is 4.39 Å². The Kier molecular flexibility index (Phi) is 5.35. The fraction of sp³-hybridized carbons (Fsp3) is 0.500. The molecule has 4 heteroatoms. The van der Waals surface area contributed by atoms with Gasteiger partial charge in [0.15, 0.2) is 0 Å². The summed E-state index contributed by atoms with van der Waals surface area (Å²) in [5, 5.41) is 0. The molecule has 1 fully saturated rings. The summed E-state index contributed by atoms with van der Waals surface area (Å²) in [5.74, 6) is -0.0355. The summed E-state index contributed by atoms with van der Waals surface area (Å²) in [4.78, 5) is 14.4. The predicted octanol–water partition coefficient (Wildman–Crippen LogP) is 3.42. The summed E-state index contributed by atoms with van der Waals surface area (Å²) in [5.41, 5.74) is 2.44. The lowest BCUT2D eigenvalue weighted by atomic mass is 9.93. The number of rotatable bonds is 3. The first-order chi connectivity index (χ1) is 10.4. The number of amides is 1. The van der Waals surface area contributed by atoms with E-state index in [1.54, 1.807) is 25.1 Å². The minimum Gasteiger partial charge on any atom is -0.377 e. The Balaban J connectivity index is 2.30. The van der Waals surface area contributed by atoms with E-state index in [9.17, 15) is 9.18 Å². The number of benzene rings is 1. The van der Waals surface area contributed by atoms with Crippen molar-refractivity contribution in [3.05, 3.63) is 41.2 Å². The Morgan fingerprint density at radius 2 is 2.18 bits per heavy atom. The molecule has 3 nitrogen and oxygen atoms in total. The van der Waals surface area contributed by atoms with Crippen LogP contribution in [0.1, 0.15) is 31.9 Å². The lowest BCUT2D eigenvalue weighted by Gasteiger charge is -2.32. The van der Waals surface area contributed by atoms with Crippen molar-refractivity contribution in [3.8, 4) is 0 Å². The van der Waals surface area contributed by atoms with Crippen molar-refractivity contribution in [2.75, 3.05) is 19.8 Å². The minimum absolute atomic E-state index is 0.00137. The molecule has 1 amide bonds. The molecule has 1 heterocycles. The number of allylic oxidation sites excluding steroid dienone is 1. The average Bonchev–Trinajstić information content (AvgIpc) is 2.47. The summed E-state index contributed by atoms with van der Waals surface area (Å²) in [6.07, 6.45) is 1.69. The van der Waals surface area contributed by atoms with Gasteiger partial charge in [0.05, 0.1) is 19.3 Å². The molecule has 0 bridgehead atoms. The normalized spacial score (nSPS) is 19.6. The van der Waals surface area contributed by atoms with E-state index in [0.29, 0.717) is 25.3 Å². The average molecular weight is 305 g/mol. The van der Waals surface area contributed by atoms with Gasteiger partial charge in [0.2, 0.25) is 5.91 Å². The fourth-order valence-electron chi connectivity index (χ4n) is 2.68. The van der Waals surface area contributed by atoms with Crippen molar-refractivity contribution in [1.82, 2.24) is 4.90 Å². The monoisotopic (exact) mass is 305 g/mol. The fourth-order valence-corrected chi connectivity index (χ4v) is 2.68. The van der Waals surface area contributed by atoms with E-state index in [4.69, 9.17) is 4.74 Å². The van der Waals surface area contributed by atoms with Crippen LogP contribution in [0.25, 0.3) is 5.57 Å². The number of carbonyl (C=O) groups excluding carboxylic acids is 1. The highest BCUT2D eigenvalue weighted by molar-refractivity contribution is 5.95. The molecule has 0 spiro atoms. The van der Waals surface area contributed by atoms with Crippen molar-refractivity contribution >= 4 is 11.5 Å². The molecule has 1 aromatic carbocycles. The van der Waals surface area contributed by atoms with E-state index in [2.05, 4.69) is 0 Å². The first-order valence-electron chi connectivity index (χ1n) is 7.76. The predicted molar refractivity (Wildman–Crippen MR) is 85.9 cm³/mol. The van der Waals surface area contributed by atoms with Crippen molar-refractivity contribution < 1.29 is 13.9 Å². The second-order valence-corrected chi connectivity index (χ2v) is 6.17. The highest BCUT2D eigenvalue weighted by Crippen LogP contribution is 2.25. The second-order valence-electron chi connectivity index (χ2n) is 6.17. The molecule has 1 unspecified atom stereocenters. The lowest BCUT2D eigenvalue weighted by Crippen LogP contribution is -2.46. The Morgan fingerprint density at radius 3 is 2.77 bits per heavy atom. The van der Waals surface area contributed by atoms with Gasteiger partial charge in [0.1, 0.15) is 5.82 Å². The van der Waals surface area contributed by atoms with E-state index >= 15 is 0 Å². The smallest absolute Gasteiger partial charge is 0.247 e. The number of ether oxygens (including phenoxy) is 1. The number of morpholine rings is 1. The van der Waals surface area contributed by atoms with Crippen LogP contribution in [0.2, 0.25) is 0 Å². The van der Waals surface area contributed by atoms with Crippen LogP contribution >= 0.6 is 0 Å². The molecule has 2 rings (SSSR count). The molecule has 22 heavy (non-hydrogen) atoms. The van der Waals surface area contributed by atoms with Crippen LogP contribution in [-0.4, -0.2) is 36.6 Å². The third kappa shape index (κ3) is 3.74. The number of nitrogens with zero attached hydrogens (tertiary/aromatic N) is 1. The second kappa shape index (κ2) is 7.05. The maximum Gasteiger partial charge on any atom is 0.247 e. The first-order valence-corrected chi connectivity index (χ1v) is 7.76. The van der Waals surface area contributed by atoms with Gasteiger partial charge in [-0.1, -0.05) is 19.9 Å². The summed E-state index contributed by atoms with van der Waals surface area (Å²) in [7, 11) is 0. The molecular formula is C18H24FNO2. The summed E-state index contributed by atoms with van der Waals surface area (Å²) < 4.78 is 18.8. The Bertz CT molecular complexity index is 580. The van der Waals surface area contributed by atoms with E-state index in [1.807, 2.05) is 25.7 Å². The molecular weight excluding hydrogens is 281 g/mol. The van der Waals surface area contributed by atoms with E-state index in [0.717, 1.165) is 11.1 Å². The van der Waals surface area contributed by atoms with E-state index in [1.165, 1.54) is 6.07 Å². The summed E-state index contributed by atoms with van der Waals surface area (Å²) >= 11 is 0. The van der Waals surface area contributed by atoms with Crippen LogP contribution in [0.15, 0.2) is 24.3 Å². The highest BCUT2D eigenvalue weighted by atomic mass is 19.1. The Morgan fingerprint density at radius 1 is 1.45 bits per heavy atom. The van der Waals surface area contributed by atoms with Gasteiger partial charge in [-0.3, -0.25) is 4.79 Å². The molecule has 0 saturated carbocycles. The highest BCUT2D eigenvalue weighted by Gasteiger charge is 2.23. The van der Waals surface area contributed by atoms with Crippen LogP contribution in [-0.2, 0) is 9.53 Å². The van der Waals surface area contributed by atoms with Crippen molar-refractivity contribution in [2.45, 2.75) is 33.7 Å². The third-order valence-electron chi connectivity index (χ3n) is 4.04. The molecule has 1 aliphatic heterocycles. The molecule has 0 N–H and O–H groups in total. The van der Waals surface area contributed by atoms with Gasteiger partial charge in [-0.05, 0) is 48.6 Å². The van der Waals surface area contributed by atoms with Gasteiger partial charge >= 0.3 is 0 Å². The zero-order valence-corrected chi connectivity index (χ0v) is 13.7. The number of halogens is 1. The van der Waals surface area contributed by atoms with Gasteiger partial charge in [-0.15, -0.1) is 0 Å². The molecule has 1 aliphatic rings. The van der Waals surface area contributed by atoms with Crippen LogP contribution in [0, 0.1) is 18.7 Å². The quantitative estimate of drug-likeness (QED) is 0.801. The number of carbonyl (C=O) groups is 1. The molecule has 0 aromatic heterocycles. The SMILES string of the molecule is Cc1cc(/C(=C/C(=O)N2CCOCC2C)C(C)C)ccc1F. The standard InChI is InChI=1S/C18H24FNO2/c1-12(2)16(15-5-6-17(19)13(3)9-15)10-18(21)20-7-8-22-11-14(20)4/h5-6,9-10,12,14H,7-8,11H2,1-4H3/b16-10+. The molecule has 1 aromatic rings. The van der Waals surface area contributed by atoms with E-state index in [-0.39, 0.29) is 23.7 Å². The maximum absolute atomic E-state index is 13.5. The van der Waals surface area contributed by atoms with Crippen LogP contribution in [0.5, 0.6) is 0 Å². The van der Waals surface area contributed by atoms with Gasteiger partial charge < -0.3 is 9.64 Å². The van der Waals surface area contributed by atoms with E-state index < -0.39 is 0 Å². The first kappa shape index (κ1) is 16.7. The van der Waals surface area contributed by atoms with Gasteiger partial charge in [-0.2, -0.15) is 0 Å². The van der Waals surface area contributed by atoms with Crippen molar-refractivity contribution in [3.63, 3.8) is 0 Å². The van der Waals surface area contributed by atoms with Gasteiger partial charge in [-0.25, -0.2) is 4.39 Å². The van der Waals surface area contributed by atoms with Crippen LogP contribution in [0.3, 0.4) is 0 Å². The summed E-state index contributed by atoms with van der Waals surface area (Å²) in [6.45, 7) is 9.58. The molecule has 1 saturated heterocycles. The van der Waals surface area contributed by atoms with Crippen molar-refractivity contribution in [2.24, 2.45) is 5.92 Å². The topological polar surface area (TPSA) is 29.5 Å². The molecule has 0 radical (unpaired) electrons. The maximum atomic E-state index is 13.5. The van der Waals surface area contributed by atoms with Crippen LogP contribution < -0.4 is 0 Å². The van der Waals surface area contributed by atoms with Gasteiger partial charge in [0, 0.05) is 12.6 Å². The molecule has 1 atom stereocenters. The molecule has 0 aliphatic carbocycles. The molecule has 120 valence electrons. The Labute approximate surface area is 131 Å². The zero-order chi connectivity index (χ0) is 16.3. The number of aryl methyl sites for hydroxylation is 1. The summed E-state index contributed by atoms with van der Waals surface area (Å²) in [6, 6.07) is 5.09. The van der Waals surface area contributed by atoms with Gasteiger partial charge in [0.25, 0.3) is 0 Å². The van der Waals surface area contributed by atoms with Crippen molar-refractivity contribution in [1.29, 1.82) is 0 Å². The zero-order valence-electron chi connectivity index (χ0n) is 13.7. The third-order valence-corrected chi connectivity index (χ3v) is 4.04. The largest absolute Gasteiger partial charge is 0.377 e. The minimum atomic E-state index is -0.222. The number of hydrogen-bond acceptors (Lipinski definition) is 2. The lowest BCUT2D eigenvalue weighted by molar-refractivity contribution is -0.133. The number of hydrogen-bond donors (Lipinski definition) is 0. The Hall–Kier alpha value is -1.68.